The molecule has 1 amide bonds. The van der Waals surface area contributed by atoms with E-state index < -0.39 is 0 Å². The first kappa shape index (κ1) is 16.6. The molecule has 0 aliphatic heterocycles. The summed E-state index contributed by atoms with van der Waals surface area (Å²) in [5.41, 5.74) is 0.674. The fourth-order valence-electron chi connectivity index (χ4n) is 3.27. The number of benzene rings is 1. The molecule has 2 aromatic rings. The molecule has 0 spiro atoms. The fraction of sp³-hybridized carbons (Fsp3) is 0.471. The molecule has 6 nitrogen and oxygen atoms in total. The van der Waals surface area contributed by atoms with Crippen molar-refractivity contribution in [1.82, 2.24) is 25.0 Å². The molecule has 1 aliphatic rings. The number of rotatable bonds is 4. The van der Waals surface area contributed by atoms with Crippen LogP contribution >= 0.6 is 0 Å². The van der Waals surface area contributed by atoms with Gasteiger partial charge in [-0.3, -0.25) is 4.79 Å². The zero-order valence-corrected chi connectivity index (χ0v) is 14.2. The molecule has 1 saturated carbocycles. The summed E-state index contributed by atoms with van der Waals surface area (Å²) in [7, 11) is 4.06. The summed E-state index contributed by atoms with van der Waals surface area (Å²) < 4.78 is 14.6. The van der Waals surface area contributed by atoms with Gasteiger partial charge in [0.05, 0.1) is 5.69 Å². The van der Waals surface area contributed by atoms with Crippen molar-refractivity contribution >= 4 is 5.91 Å². The van der Waals surface area contributed by atoms with Crippen molar-refractivity contribution in [3.63, 3.8) is 0 Å². The van der Waals surface area contributed by atoms with E-state index in [0.717, 1.165) is 19.3 Å². The molecule has 0 radical (unpaired) electrons. The van der Waals surface area contributed by atoms with Gasteiger partial charge in [-0.15, -0.1) is 5.10 Å². The second-order valence-corrected chi connectivity index (χ2v) is 6.41. The van der Waals surface area contributed by atoms with Crippen molar-refractivity contribution in [2.24, 2.45) is 0 Å². The largest absolute Gasteiger partial charge is 0.345 e. The van der Waals surface area contributed by atoms with Gasteiger partial charge in [0, 0.05) is 12.1 Å². The first-order valence-electron chi connectivity index (χ1n) is 8.12. The van der Waals surface area contributed by atoms with Crippen LogP contribution in [-0.2, 0) is 0 Å². The molecule has 1 N–H and O–H groups in total. The number of hydrogen-bond acceptors (Lipinski definition) is 4. The van der Waals surface area contributed by atoms with Gasteiger partial charge in [-0.25, -0.2) is 14.1 Å². The van der Waals surface area contributed by atoms with Gasteiger partial charge in [0.1, 0.15) is 11.6 Å². The molecule has 7 heteroatoms. The average molecular weight is 331 g/mol. The summed E-state index contributed by atoms with van der Waals surface area (Å²) in [4.78, 5) is 18.9. The molecular formula is C17H22FN5O. The van der Waals surface area contributed by atoms with Crippen LogP contribution in [0.25, 0.3) is 5.69 Å². The highest BCUT2D eigenvalue weighted by atomic mass is 19.1. The quantitative estimate of drug-likeness (QED) is 0.930. The molecule has 1 fully saturated rings. The van der Waals surface area contributed by atoms with Gasteiger partial charge in [-0.1, -0.05) is 0 Å². The molecule has 3 rings (SSSR count). The monoisotopic (exact) mass is 331 g/mol. The lowest BCUT2D eigenvalue weighted by atomic mass is 10.1. The van der Waals surface area contributed by atoms with Gasteiger partial charge in [0.2, 0.25) is 5.82 Å². The van der Waals surface area contributed by atoms with Crippen molar-refractivity contribution in [3.8, 4) is 5.69 Å². The number of halogens is 1. The molecule has 1 aliphatic carbocycles. The Balaban J connectivity index is 1.77. The Labute approximate surface area is 140 Å². The number of hydrogen-bond donors (Lipinski definition) is 1. The Morgan fingerprint density at radius 2 is 2.00 bits per heavy atom. The van der Waals surface area contributed by atoms with Gasteiger partial charge in [-0.05, 0) is 64.5 Å². The molecule has 0 saturated heterocycles. The number of carbonyl (C=O) groups excluding carboxylic acids is 1. The molecule has 24 heavy (non-hydrogen) atoms. The minimum atomic E-state index is -0.314. The van der Waals surface area contributed by atoms with E-state index in [-0.39, 0.29) is 23.6 Å². The van der Waals surface area contributed by atoms with Crippen LogP contribution in [0.4, 0.5) is 4.39 Å². The van der Waals surface area contributed by atoms with Gasteiger partial charge < -0.3 is 10.2 Å². The van der Waals surface area contributed by atoms with E-state index in [0.29, 0.717) is 17.6 Å². The van der Waals surface area contributed by atoms with E-state index in [4.69, 9.17) is 0 Å². The summed E-state index contributed by atoms with van der Waals surface area (Å²) in [6, 6.07) is 6.39. The summed E-state index contributed by atoms with van der Waals surface area (Å²) in [6.45, 7) is 1.77. The van der Waals surface area contributed by atoms with Crippen molar-refractivity contribution in [2.45, 2.75) is 38.3 Å². The van der Waals surface area contributed by atoms with Gasteiger partial charge in [-0.2, -0.15) is 0 Å². The van der Waals surface area contributed by atoms with Crippen molar-refractivity contribution in [3.05, 3.63) is 41.7 Å². The normalized spacial score (nSPS) is 20.5. The van der Waals surface area contributed by atoms with Crippen LogP contribution in [0.2, 0.25) is 0 Å². The summed E-state index contributed by atoms with van der Waals surface area (Å²) in [5, 5.41) is 7.33. The van der Waals surface area contributed by atoms with Crippen LogP contribution in [0.1, 0.15) is 35.7 Å². The lowest BCUT2D eigenvalue weighted by Crippen LogP contribution is -2.46. The van der Waals surface area contributed by atoms with E-state index in [1.165, 1.54) is 12.1 Å². The van der Waals surface area contributed by atoms with E-state index in [1.807, 2.05) is 14.1 Å². The lowest BCUT2D eigenvalue weighted by molar-refractivity contribution is 0.0908. The predicted molar refractivity (Wildman–Crippen MR) is 88.6 cm³/mol. The van der Waals surface area contributed by atoms with Crippen LogP contribution in [0, 0.1) is 12.7 Å². The smallest absolute Gasteiger partial charge is 0.291 e. The van der Waals surface area contributed by atoms with Crippen LogP contribution < -0.4 is 5.32 Å². The molecule has 0 unspecified atom stereocenters. The number of carbonyl (C=O) groups is 1. The number of aryl methyl sites for hydroxylation is 1. The highest BCUT2D eigenvalue weighted by molar-refractivity contribution is 5.90. The molecule has 2 atom stereocenters. The van der Waals surface area contributed by atoms with Crippen LogP contribution in [0.15, 0.2) is 24.3 Å². The van der Waals surface area contributed by atoms with Crippen molar-refractivity contribution in [1.29, 1.82) is 0 Å². The van der Waals surface area contributed by atoms with E-state index >= 15 is 0 Å². The molecule has 1 heterocycles. The number of amides is 1. The first-order valence-corrected chi connectivity index (χ1v) is 8.12. The minimum absolute atomic E-state index is 0.116. The molecule has 128 valence electrons. The number of nitrogens with zero attached hydrogens (tertiary/aromatic N) is 4. The third kappa shape index (κ3) is 3.31. The Morgan fingerprint density at radius 1 is 1.29 bits per heavy atom. The van der Waals surface area contributed by atoms with Crippen LogP contribution in [0.3, 0.4) is 0 Å². The van der Waals surface area contributed by atoms with Gasteiger partial charge in [0.15, 0.2) is 0 Å². The van der Waals surface area contributed by atoms with Crippen molar-refractivity contribution in [2.75, 3.05) is 14.1 Å². The fourth-order valence-corrected chi connectivity index (χ4v) is 3.27. The Hall–Kier alpha value is -2.28. The standard InChI is InChI=1S/C17H22FN5O/c1-11-19-16(21-23(11)13-9-7-12(18)8-10-13)17(24)20-14-5-4-6-15(14)22(2)3/h7-10,14-15H,4-6H2,1-3H3,(H,20,24)/t14-,15-/m1/s1. The number of nitrogens with one attached hydrogen (secondary N) is 1. The average Bonchev–Trinajstić information content (AvgIpc) is 3.15. The second kappa shape index (κ2) is 6.68. The third-order valence-electron chi connectivity index (χ3n) is 4.50. The Morgan fingerprint density at radius 3 is 2.67 bits per heavy atom. The SMILES string of the molecule is Cc1nc(C(=O)N[C@@H]2CCC[C@H]2N(C)C)nn1-c1ccc(F)cc1. The van der Waals surface area contributed by atoms with Crippen LogP contribution in [-0.4, -0.2) is 51.8 Å². The van der Waals surface area contributed by atoms with Crippen LogP contribution in [0.5, 0.6) is 0 Å². The zero-order chi connectivity index (χ0) is 17.3. The predicted octanol–water partition coefficient (Wildman–Crippen LogP) is 1.93. The second-order valence-electron chi connectivity index (χ2n) is 6.41. The number of aromatic nitrogens is 3. The Kier molecular flexibility index (Phi) is 4.62. The lowest BCUT2D eigenvalue weighted by Gasteiger charge is -2.26. The maximum absolute atomic E-state index is 13.1. The summed E-state index contributed by atoms with van der Waals surface area (Å²) in [6.07, 6.45) is 3.14. The maximum atomic E-state index is 13.1. The van der Waals surface area contributed by atoms with E-state index in [1.54, 1.807) is 23.7 Å². The Bertz CT molecular complexity index is 725. The summed E-state index contributed by atoms with van der Waals surface area (Å²) >= 11 is 0. The third-order valence-corrected chi connectivity index (χ3v) is 4.50. The summed E-state index contributed by atoms with van der Waals surface area (Å²) in [5.74, 6) is 0.145. The highest BCUT2D eigenvalue weighted by Crippen LogP contribution is 2.22. The zero-order valence-electron chi connectivity index (χ0n) is 14.2. The first-order chi connectivity index (χ1) is 11.5. The molecule has 0 bridgehead atoms. The molecule has 1 aromatic carbocycles. The van der Waals surface area contributed by atoms with Crippen molar-refractivity contribution < 1.29 is 9.18 Å². The maximum Gasteiger partial charge on any atom is 0.291 e. The van der Waals surface area contributed by atoms with E-state index in [9.17, 15) is 9.18 Å². The minimum Gasteiger partial charge on any atom is -0.345 e. The topological polar surface area (TPSA) is 63.1 Å². The number of likely N-dealkylation sites (N-methyl/N-ethyl adjacent to an activating group) is 1. The molecular weight excluding hydrogens is 309 g/mol. The van der Waals surface area contributed by atoms with E-state index in [2.05, 4.69) is 20.3 Å². The van der Waals surface area contributed by atoms with Gasteiger partial charge >= 0.3 is 0 Å². The molecule has 1 aromatic heterocycles. The highest BCUT2D eigenvalue weighted by Gasteiger charge is 2.31. The van der Waals surface area contributed by atoms with Gasteiger partial charge in [0.25, 0.3) is 5.91 Å².